The van der Waals surface area contributed by atoms with Crippen LogP contribution >= 0.6 is 0 Å². The van der Waals surface area contributed by atoms with Gasteiger partial charge in [0.2, 0.25) is 6.79 Å². The molecule has 3 N–H and O–H groups in total. The molecule has 0 bridgehead atoms. The molecule has 28 heavy (non-hydrogen) atoms. The fraction of sp³-hybridized carbons (Fsp3) is 0.632. The van der Waals surface area contributed by atoms with Gasteiger partial charge in [-0.05, 0) is 25.0 Å². The first kappa shape index (κ1) is 19.3. The van der Waals surface area contributed by atoms with E-state index in [0.717, 1.165) is 37.4 Å². The number of aliphatic hydroxyl groups excluding tert-OH is 1. The molecule has 9 nitrogen and oxygen atoms in total. The summed E-state index contributed by atoms with van der Waals surface area (Å²) < 4.78 is 22.3. The Kier molecular flexibility index (Phi) is 5.86. The molecule has 0 aromatic heterocycles. The van der Waals surface area contributed by atoms with Crippen molar-refractivity contribution in [2.24, 2.45) is 0 Å². The van der Waals surface area contributed by atoms with Crippen molar-refractivity contribution in [1.29, 1.82) is 0 Å². The first-order valence-electron chi connectivity index (χ1n) is 9.59. The number of piperidine rings is 1. The zero-order chi connectivity index (χ0) is 19.5. The van der Waals surface area contributed by atoms with E-state index in [0.29, 0.717) is 26.0 Å². The molecule has 0 aliphatic carbocycles. The lowest BCUT2D eigenvalue weighted by molar-refractivity contribution is -0.122. The number of ether oxygens (including phenoxy) is 4. The number of carbonyl (C=O) groups is 1. The minimum Gasteiger partial charge on any atom is -0.483 e. The molecule has 3 saturated heterocycles. The average Bonchev–Trinajstić information content (AvgIpc) is 3.41. The fourth-order valence-electron chi connectivity index (χ4n) is 4.31. The van der Waals surface area contributed by atoms with Crippen molar-refractivity contribution >= 4 is 12.2 Å². The molecule has 4 aliphatic heterocycles. The van der Waals surface area contributed by atoms with E-state index >= 15 is 0 Å². The van der Waals surface area contributed by atoms with Gasteiger partial charge in [0, 0.05) is 30.9 Å². The highest BCUT2D eigenvalue weighted by atomic mass is 16.7. The van der Waals surface area contributed by atoms with Crippen LogP contribution in [0.1, 0.15) is 12.8 Å². The zero-order valence-electron chi connectivity index (χ0n) is 15.5. The molecule has 0 amide bonds. The third kappa shape index (κ3) is 3.88. The second-order valence-corrected chi connectivity index (χ2v) is 7.34. The number of hydrogen-bond acceptors (Lipinski definition) is 8. The molecule has 3 fully saturated rings. The van der Waals surface area contributed by atoms with Crippen LogP contribution in [0.3, 0.4) is 0 Å². The Morgan fingerprint density at radius 2 is 1.79 bits per heavy atom. The van der Waals surface area contributed by atoms with Crippen LogP contribution in [0, 0.1) is 0 Å². The van der Waals surface area contributed by atoms with Gasteiger partial charge in [-0.25, -0.2) is 0 Å². The quantitative estimate of drug-likeness (QED) is 0.620. The summed E-state index contributed by atoms with van der Waals surface area (Å²) in [5.74, 6) is 1.67. The third-order valence-corrected chi connectivity index (χ3v) is 5.69. The van der Waals surface area contributed by atoms with E-state index < -0.39 is 6.10 Å². The van der Waals surface area contributed by atoms with Crippen LogP contribution < -0.4 is 19.7 Å². The van der Waals surface area contributed by atoms with Gasteiger partial charge in [-0.15, -0.1) is 0 Å². The molecule has 0 unspecified atom stereocenters. The largest absolute Gasteiger partial charge is 0.483 e. The standard InChI is InChI=1S/C18H24N2O5.CH2O2/c21-14-9-23-17-13(8-22-18(14)17)19-11-3-5-20(6-4-11)12-1-2-15-16(7-12)25-10-24-15;2-1-3/h1-2,7,11,13-14,17-19,21H,3-6,8-10H2;1H,(H,2,3)/t13-,14-,17-,18-;/m1./s1. The van der Waals surface area contributed by atoms with Crippen molar-refractivity contribution in [2.75, 3.05) is 38.0 Å². The van der Waals surface area contributed by atoms with Gasteiger partial charge in [0.05, 0.1) is 19.3 Å². The Morgan fingerprint density at radius 3 is 2.57 bits per heavy atom. The number of benzene rings is 1. The SMILES string of the molecule is O=CO.O[C@@H]1CO[C@H]2[C@@H]1OC[C@H]2NC1CCN(c2ccc3c(c2)OCO3)CC1. The molecule has 1 aromatic carbocycles. The van der Waals surface area contributed by atoms with E-state index in [4.69, 9.17) is 28.8 Å². The Hall–Kier alpha value is -2.07. The molecule has 9 heteroatoms. The second-order valence-electron chi connectivity index (χ2n) is 7.34. The number of nitrogens with one attached hydrogen (secondary N) is 1. The van der Waals surface area contributed by atoms with Crippen LogP contribution in [-0.4, -0.2) is 80.2 Å². The predicted molar refractivity (Wildman–Crippen MR) is 98.9 cm³/mol. The fourth-order valence-corrected chi connectivity index (χ4v) is 4.31. The monoisotopic (exact) mass is 394 g/mol. The van der Waals surface area contributed by atoms with E-state index in [1.807, 2.05) is 6.07 Å². The van der Waals surface area contributed by atoms with Gasteiger partial charge in [-0.2, -0.15) is 0 Å². The summed E-state index contributed by atoms with van der Waals surface area (Å²) in [6, 6.07) is 6.80. The molecule has 0 saturated carbocycles. The summed E-state index contributed by atoms with van der Waals surface area (Å²) in [5.41, 5.74) is 1.19. The van der Waals surface area contributed by atoms with Crippen LogP contribution in [-0.2, 0) is 14.3 Å². The van der Waals surface area contributed by atoms with E-state index in [2.05, 4.69) is 22.3 Å². The molecule has 0 spiro atoms. The molecule has 0 radical (unpaired) electrons. The van der Waals surface area contributed by atoms with Crippen molar-refractivity contribution in [2.45, 2.75) is 43.2 Å². The Morgan fingerprint density at radius 1 is 1.07 bits per heavy atom. The van der Waals surface area contributed by atoms with Crippen LogP contribution in [0.15, 0.2) is 18.2 Å². The zero-order valence-corrected chi connectivity index (χ0v) is 15.5. The molecule has 154 valence electrons. The van der Waals surface area contributed by atoms with Crippen molar-refractivity contribution < 1.29 is 34.0 Å². The van der Waals surface area contributed by atoms with Gasteiger partial charge in [-0.3, -0.25) is 4.79 Å². The maximum absolute atomic E-state index is 9.85. The lowest BCUT2D eigenvalue weighted by Crippen LogP contribution is -2.50. The molecule has 4 aliphatic rings. The number of anilines is 1. The summed E-state index contributed by atoms with van der Waals surface area (Å²) in [7, 11) is 0. The predicted octanol–water partition coefficient (Wildman–Crippen LogP) is 0.202. The molecule has 4 heterocycles. The lowest BCUT2D eigenvalue weighted by atomic mass is 10.0. The van der Waals surface area contributed by atoms with Crippen molar-refractivity contribution in [1.82, 2.24) is 5.32 Å². The van der Waals surface area contributed by atoms with Crippen LogP contribution in [0.5, 0.6) is 11.5 Å². The van der Waals surface area contributed by atoms with Crippen molar-refractivity contribution in [3.63, 3.8) is 0 Å². The number of nitrogens with zero attached hydrogens (tertiary/aromatic N) is 1. The summed E-state index contributed by atoms with van der Waals surface area (Å²) in [5, 5.41) is 20.4. The van der Waals surface area contributed by atoms with Crippen LogP contribution in [0.25, 0.3) is 0 Å². The van der Waals surface area contributed by atoms with Gasteiger partial charge in [0.1, 0.15) is 18.3 Å². The van der Waals surface area contributed by atoms with E-state index in [1.54, 1.807) is 0 Å². The van der Waals surface area contributed by atoms with Crippen molar-refractivity contribution in [3.05, 3.63) is 18.2 Å². The summed E-state index contributed by atoms with van der Waals surface area (Å²) in [4.78, 5) is 10.8. The molecule has 1 aromatic rings. The highest BCUT2D eigenvalue weighted by molar-refractivity contribution is 5.57. The Bertz CT molecular complexity index is 680. The van der Waals surface area contributed by atoms with Gasteiger partial charge >= 0.3 is 0 Å². The first-order chi connectivity index (χ1) is 13.7. The van der Waals surface area contributed by atoms with Gasteiger partial charge < -0.3 is 39.4 Å². The highest BCUT2D eigenvalue weighted by Crippen LogP contribution is 2.36. The average molecular weight is 394 g/mol. The maximum atomic E-state index is 9.85. The summed E-state index contributed by atoms with van der Waals surface area (Å²) in [6.45, 7) is 3.07. The number of hydrogen-bond donors (Lipinski definition) is 3. The normalized spacial score (nSPS) is 31.2. The summed E-state index contributed by atoms with van der Waals surface area (Å²) in [6.07, 6.45) is 1.49. The van der Waals surface area contributed by atoms with Crippen LogP contribution in [0.2, 0.25) is 0 Å². The van der Waals surface area contributed by atoms with Gasteiger partial charge in [0.25, 0.3) is 6.47 Å². The minimum absolute atomic E-state index is 0.0121. The van der Waals surface area contributed by atoms with E-state index in [9.17, 15) is 5.11 Å². The van der Waals surface area contributed by atoms with Gasteiger partial charge in [-0.1, -0.05) is 0 Å². The molecular formula is C19H26N2O7. The smallest absolute Gasteiger partial charge is 0.290 e. The number of rotatable bonds is 3. The van der Waals surface area contributed by atoms with Gasteiger partial charge in [0.15, 0.2) is 11.5 Å². The van der Waals surface area contributed by atoms with E-state index in [1.165, 1.54) is 5.69 Å². The Labute approximate surface area is 163 Å². The van der Waals surface area contributed by atoms with E-state index in [-0.39, 0.29) is 24.7 Å². The third-order valence-electron chi connectivity index (χ3n) is 5.69. The lowest BCUT2D eigenvalue weighted by Gasteiger charge is -2.35. The van der Waals surface area contributed by atoms with Crippen molar-refractivity contribution in [3.8, 4) is 11.5 Å². The molecular weight excluding hydrogens is 368 g/mol. The summed E-state index contributed by atoms with van der Waals surface area (Å²) >= 11 is 0. The maximum Gasteiger partial charge on any atom is 0.290 e. The Balaban J connectivity index is 0.000000604. The number of carboxylic acid groups (broad SMARTS) is 1. The molecule has 4 atom stereocenters. The first-order valence-corrected chi connectivity index (χ1v) is 9.59. The minimum atomic E-state index is -0.482. The molecule has 5 rings (SSSR count). The second kappa shape index (κ2) is 8.52. The topological polar surface area (TPSA) is 110 Å². The number of aliphatic hydroxyl groups is 1. The number of fused-ring (bicyclic) bond motifs is 2. The van der Waals surface area contributed by atoms with Crippen LogP contribution in [0.4, 0.5) is 5.69 Å². The highest BCUT2D eigenvalue weighted by Gasteiger charge is 2.47.